The summed E-state index contributed by atoms with van der Waals surface area (Å²) in [4.78, 5) is 0. The van der Waals surface area contributed by atoms with Crippen LogP contribution in [0.25, 0.3) is 0 Å². The molecule has 0 saturated heterocycles. The topological polar surface area (TPSA) is 0 Å². The Balaban J connectivity index is 2.17. The summed E-state index contributed by atoms with van der Waals surface area (Å²) in [6.07, 6.45) is 0.237. The highest BCUT2D eigenvalue weighted by Crippen LogP contribution is 2.44. The van der Waals surface area contributed by atoms with E-state index in [2.05, 4.69) is 0 Å². The maximum Gasteiger partial charge on any atom is 0.248 e. The summed E-state index contributed by atoms with van der Waals surface area (Å²) >= 11 is 0. The first-order valence-corrected chi connectivity index (χ1v) is 4.70. The van der Waals surface area contributed by atoms with E-state index in [-0.39, 0.29) is 24.6 Å². The van der Waals surface area contributed by atoms with Gasteiger partial charge in [0.1, 0.15) is 5.82 Å². The zero-order chi connectivity index (χ0) is 10.2. The van der Waals surface area contributed by atoms with Crippen LogP contribution in [0.3, 0.4) is 0 Å². The van der Waals surface area contributed by atoms with Crippen LogP contribution < -0.4 is 0 Å². The average Bonchev–Trinajstić information content (AvgIpc) is 2.46. The largest absolute Gasteiger partial charge is 0.248 e. The molecule has 1 aliphatic carbocycles. The van der Waals surface area contributed by atoms with Gasteiger partial charge in [-0.25, -0.2) is 13.2 Å². The highest BCUT2D eigenvalue weighted by Gasteiger charge is 2.39. The minimum Gasteiger partial charge on any atom is -0.207 e. The molecule has 76 valence electrons. The first-order chi connectivity index (χ1) is 6.57. The van der Waals surface area contributed by atoms with Crippen LogP contribution in [-0.2, 0) is 0 Å². The molecule has 0 radical (unpaired) electrons. The summed E-state index contributed by atoms with van der Waals surface area (Å²) < 4.78 is 38.6. The van der Waals surface area contributed by atoms with Crippen LogP contribution in [0.2, 0.25) is 0 Å². The lowest BCUT2D eigenvalue weighted by atomic mass is 9.97. The van der Waals surface area contributed by atoms with Gasteiger partial charge in [0.05, 0.1) is 0 Å². The number of benzene rings is 1. The Kier molecular flexibility index (Phi) is 2.25. The van der Waals surface area contributed by atoms with Crippen molar-refractivity contribution in [2.75, 3.05) is 0 Å². The minimum absolute atomic E-state index is 0.0752. The number of hydrogen-bond acceptors (Lipinski definition) is 0. The first-order valence-electron chi connectivity index (χ1n) is 4.70. The van der Waals surface area contributed by atoms with Crippen molar-refractivity contribution in [3.05, 3.63) is 35.6 Å². The Hall–Kier alpha value is -0.990. The summed E-state index contributed by atoms with van der Waals surface area (Å²) in [7, 11) is 0. The third-order valence-electron chi connectivity index (χ3n) is 2.72. The van der Waals surface area contributed by atoms with Crippen molar-refractivity contribution in [2.24, 2.45) is 0 Å². The maximum absolute atomic E-state index is 12.9. The fraction of sp³-hybridized carbons (Fsp3) is 0.455. The molecule has 0 N–H and O–H groups in total. The standard InChI is InChI=1S/C11H11F3/c12-10-3-1-2-8(6-10)9-4-5-11(13,14)7-9/h1-3,6,9H,4-5,7H2. The van der Waals surface area contributed by atoms with Crippen molar-refractivity contribution >= 4 is 0 Å². The Bertz CT molecular complexity index is 333. The predicted octanol–water partition coefficient (Wildman–Crippen LogP) is 3.73. The van der Waals surface area contributed by atoms with Crippen LogP contribution in [0.15, 0.2) is 24.3 Å². The molecule has 1 atom stereocenters. The van der Waals surface area contributed by atoms with Crippen LogP contribution in [0.5, 0.6) is 0 Å². The van der Waals surface area contributed by atoms with E-state index in [1.807, 2.05) is 0 Å². The van der Waals surface area contributed by atoms with Crippen LogP contribution in [-0.4, -0.2) is 5.92 Å². The van der Waals surface area contributed by atoms with Gasteiger partial charge in [0.2, 0.25) is 5.92 Å². The third-order valence-corrected chi connectivity index (χ3v) is 2.72. The molecular formula is C11H11F3. The number of halogens is 3. The number of alkyl halides is 2. The zero-order valence-corrected chi connectivity index (χ0v) is 7.64. The van der Waals surface area contributed by atoms with Crippen molar-refractivity contribution in [3.63, 3.8) is 0 Å². The second-order valence-corrected chi connectivity index (χ2v) is 3.85. The van der Waals surface area contributed by atoms with Gasteiger partial charge < -0.3 is 0 Å². The summed E-state index contributed by atoms with van der Waals surface area (Å²) in [5.74, 6) is -3.09. The molecule has 1 aromatic carbocycles. The van der Waals surface area contributed by atoms with E-state index in [0.717, 1.165) is 0 Å². The van der Waals surface area contributed by atoms with Crippen LogP contribution in [0.1, 0.15) is 30.7 Å². The number of hydrogen-bond donors (Lipinski definition) is 0. The molecule has 1 aliphatic rings. The molecule has 3 heteroatoms. The predicted molar refractivity (Wildman–Crippen MR) is 47.9 cm³/mol. The Morgan fingerprint density at radius 1 is 1.29 bits per heavy atom. The van der Waals surface area contributed by atoms with E-state index >= 15 is 0 Å². The molecule has 0 bridgehead atoms. The van der Waals surface area contributed by atoms with E-state index in [0.29, 0.717) is 12.0 Å². The highest BCUT2D eigenvalue weighted by atomic mass is 19.3. The summed E-state index contributed by atoms with van der Waals surface area (Å²) in [6, 6.07) is 5.97. The molecule has 2 rings (SSSR count). The second-order valence-electron chi connectivity index (χ2n) is 3.85. The molecule has 1 unspecified atom stereocenters. The molecule has 14 heavy (non-hydrogen) atoms. The van der Waals surface area contributed by atoms with Gasteiger partial charge in [-0.05, 0) is 30.0 Å². The molecule has 0 amide bonds. The molecule has 1 saturated carbocycles. The summed E-state index contributed by atoms with van der Waals surface area (Å²) in [6.45, 7) is 0. The van der Waals surface area contributed by atoms with Crippen molar-refractivity contribution < 1.29 is 13.2 Å². The van der Waals surface area contributed by atoms with Crippen molar-refractivity contribution in [1.82, 2.24) is 0 Å². The van der Waals surface area contributed by atoms with Crippen molar-refractivity contribution in [3.8, 4) is 0 Å². The van der Waals surface area contributed by atoms with Crippen molar-refractivity contribution in [1.29, 1.82) is 0 Å². The van der Waals surface area contributed by atoms with E-state index in [9.17, 15) is 13.2 Å². The maximum atomic E-state index is 12.9. The lowest BCUT2D eigenvalue weighted by Gasteiger charge is -2.10. The third kappa shape index (κ3) is 1.91. The average molecular weight is 200 g/mol. The van der Waals surface area contributed by atoms with Gasteiger partial charge in [-0.2, -0.15) is 0 Å². The summed E-state index contributed by atoms with van der Waals surface area (Å²) in [5, 5.41) is 0. The minimum atomic E-state index is -2.56. The van der Waals surface area contributed by atoms with Gasteiger partial charge >= 0.3 is 0 Å². The normalized spacial score (nSPS) is 25.2. The lowest BCUT2D eigenvalue weighted by Crippen LogP contribution is -2.09. The smallest absolute Gasteiger partial charge is 0.207 e. The van der Waals surface area contributed by atoms with Gasteiger partial charge in [0.15, 0.2) is 0 Å². The van der Waals surface area contributed by atoms with Gasteiger partial charge in [-0.1, -0.05) is 12.1 Å². The SMILES string of the molecule is Fc1cccc(C2CCC(F)(F)C2)c1. The molecule has 0 nitrogen and oxygen atoms in total. The zero-order valence-electron chi connectivity index (χ0n) is 7.64. The van der Waals surface area contributed by atoms with Gasteiger partial charge in [-0.15, -0.1) is 0 Å². The fourth-order valence-electron chi connectivity index (χ4n) is 2.00. The Morgan fingerprint density at radius 2 is 2.07 bits per heavy atom. The quantitative estimate of drug-likeness (QED) is 0.648. The van der Waals surface area contributed by atoms with E-state index < -0.39 is 5.92 Å². The van der Waals surface area contributed by atoms with Gasteiger partial charge in [0, 0.05) is 12.8 Å². The Morgan fingerprint density at radius 3 is 2.64 bits per heavy atom. The highest BCUT2D eigenvalue weighted by molar-refractivity contribution is 5.22. The molecule has 1 fully saturated rings. The van der Waals surface area contributed by atoms with Gasteiger partial charge in [-0.3, -0.25) is 0 Å². The van der Waals surface area contributed by atoms with E-state index in [1.165, 1.54) is 12.1 Å². The molecule has 1 aromatic rings. The lowest BCUT2D eigenvalue weighted by molar-refractivity contribution is 0.00776. The molecule has 0 spiro atoms. The van der Waals surface area contributed by atoms with Gasteiger partial charge in [0.25, 0.3) is 0 Å². The van der Waals surface area contributed by atoms with E-state index in [4.69, 9.17) is 0 Å². The van der Waals surface area contributed by atoms with Crippen LogP contribution >= 0.6 is 0 Å². The second kappa shape index (κ2) is 3.30. The number of rotatable bonds is 1. The monoisotopic (exact) mass is 200 g/mol. The Labute approximate surface area is 80.7 Å². The molecule has 0 aliphatic heterocycles. The molecule has 0 aromatic heterocycles. The fourth-order valence-corrected chi connectivity index (χ4v) is 2.00. The van der Waals surface area contributed by atoms with Crippen LogP contribution in [0.4, 0.5) is 13.2 Å². The molecular weight excluding hydrogens is 189 g/mol. The summed E-state index contributed by atoms with van der Waals surface area (Å²) in [5.41, 5.74) is 0.696. The van der Waals surface area contributed by atoms with Crippen molar-refractivity contribution in [2.45, 2.75) is 31.1 Å². The molecule has 0 heterocycles. The van der Waals surface area contributed by atoms with E-state index in [1.54, 1.807) is 12.1 Å². The van der Waals surface area contributed by atoms with Crippen LogP contribution in [0, 0.1) is 5.82 Å². The first kappa shape index (κ1) is 9.56.